The van der Waals surface area contributed by atoms with Crippen LogP contribution in [0.5, 0.6) is 5.75 Å². The highest BCUT2D eigenvalue weighted by Crippen LogP contribution is 2.35. The maximum absolute atomic E-state index is 15.0. The zero-order chi connectivity index (χ0) is 26.6. The third kappa shape index (κ3) is 5.35. The number of pyridine rings is 1. The van der Waals surface area contributed by atoms with Gasteiger partial charge in [0.25, 0.3) is 5.91 Å². The zero-order valence-corrected chi connectivity index (χ0v) is 21.5. The van der Waals surface area contributed by atoms with Gasteiger partial charge >= 0.3 is 0 Å². The predicted octanol–water partition coefficient (Wildman–Crippen LogP) is 4.73. The Labute approximate surface area is 220 Å². The Balaban J connectivity index is 1.30. The number of likely N-dealkylation sites (N-methyl/N-ethyl adjacent to an activating group) is 1. The summed E-state index contributed by atoms with van der Waals surface area (Å²) in [5.41, 5.74) is 2.13. The van der Waals surface area contributed by atoms with E-state index in [2.05, 4.69) is 20.5 Å². The number of hydrogen-bond acceptors (Lipinski definition) is 7. The Morgan fingerprint density at radius 1 is 1.18 bits per heavy atom. The van der Waals surface area contributed by atoms with Gasteiger partial charge in [-0.2, -0.15) is 0 Å². The van der Waals surface area contributed by atoms with Gasteiger partial charge in [0.05, 0.1) is 30.5 Å². The molecule has 2 aromatic carbocycles. The van der Waals surface area contributed by atoms with Crippen LogP contribution in [0.1, 0.15) is 35.8 Å². The Hall–Kier alpha value is -4.31. The van der Waals surface area contributed by atoms with E-state index in [1.54, 1.807) is 24.5 Å². The van der Waals surface area contributed by atoms with Crippen molar-refractivity contribution in [1.82, 2.24) is 19.7 Å². The molecule has 38 heavy (non-hydrogen) atoms. The van der Waals surface area contributed by atoms with Gasteiger partial charge in [0, 0.05) is 19.2 Å². The van der Waals surface area contributed by atoms with Crippen LogP contribution in [-0.2, 0) is 11.3 Å². The summed E-state index contributed by atoms with van der Waals surface area (Å²) in [5, 5.41) is 10.8. The molecule has 1 unspecified atom stereocenters. The van der Waals surface area contributed by atoms with Crippen LogP contribution >= 0.6 is 0 Å². The van der Waals surface area contributed by atoms with Crippen molar-refractivity contribution in [2.24, 2.45) is 0 Å². The highest BCUT2D eigenvalue weighted by atomic mass is 19.1. The van der Waals surface area contributed by atoms with Gasteiger partial charge in [0.1, 0.15) is 36.0 Å². The molecule has 1 amide bonds. The van der Waals surface area contributed by atoms with E-state index in [-0.39, 0.29) is 23.5 Å². The number of fused-ring (bicyclic) bond motifs is 1. The molecule has 0 fully saturated rings. The van der Waals surface area contributed by atoms with E-state index in [0.717, 1.165) is 5.56 Å². The Morgan fingerprint density at radius 3 is 2.79 bits per heavy atom. The molecular weight excluding hydrogens is 487 g/mol. The number of amides is 1. The van der Waals surface area contributed by atoms with Gasteiger partial charge in [0.2, 0.25) is 0 Å². The fourth-order valence-electron chi connectivity index (χ4n) is 4.27. The number of nitrogens with one attached hydrogen (secondary N) is 1. The second-order valence-electron chi connectivity index (χ2n) is 9.39. The summed E-state index contributed by atoms with van der Waals surface area (Å²) in [6.45, 7) is 5.27. The topological polar surface area (TPSA) is 94.4 Å². The second-order valence-corrected chi connectivity index (χ2v) is 9.39. The summed E-state index contributed by atoms with van der Waals surface area (Å²) in [7, 11) is 1.88. The number of halogens is 1. The van der Waals surface area contributed by atoms with Crippen LogP contribution in [0.15, 0.2) is 67.0 Å². The van der Waals surface area contributed by atoms with E-state index in [0.29, 0.717) is 42.8 Å². The Morgan fingerprint density at radius 2 is 2.00 bits per heavy atom. The first-order valence-corrected chi connectivity index (χ1v) is 12.4. The lowest BCUT2D eigenvalue weighted by atomic mass is 10.1. The number of hydrogen-bond donors (Lipinski definition) is 1. The summed E-state index contributed by atoms with van der Waals surface area (Å²) >= 11 is 0. The van der Waals surface area contributed by atoms with E-state index in [9.17, 15) is 9.18 Å². The molecule has 5 rings (SSSR count). The lowest BCUT2D eigenvalue weighted by Crippen LogP contribution is -2.43. The average Bonchev–Trinajstić information content (AvgIpc) is 3.41. The van der Waals surface area contributed by atoms with Crippen molar-refractivity contribution in [3.63, 3.8) is 0 Å². The summed E-state index contributed by atoms with van der Waals surface area (Å²) in [6, 6.07) is 17.9. The van der Waals surface area contributed by atoms with Gasteiger partial charge in [0.15, 0.2) is 5.82 Å². The van der Waals surface area contributed by atoms with E-state index in [1.807, 2.05) is 60.7 Å². The minimum atomic E-state index is -0.677. The highest BCUT2D eigenvalue weighted by Gasteiger charge is 2.28. The lowest BCUT2D eigenvalue weighted by molar-refractivity contribution is 0.0881. The monoisotopic (exact) mass is 516 g/mol. The number of carbonyl (C=O) groups excluding carboxylic acids is 1. The maximum Gasteiger partial charge on any atom is 0.259 e. The van der Waals surface area contributed by atoms with Crippen LogP contribution in [0.3, 0.4) is 0 Å². The highest BCUT2D eigenvalue weighted by molar-refractivity contribution is 6.05. The number of aromatic nitrogens is 4. The van der Waals surface area contributed by atoms with Gasteiger partial charge in [-0.05, 0) is 37.6 Å². The van der Waals surface area contributed by atoms with Crippen molar-refractivity contribution in [2.75, 3.05) is 30.5 Å². The maximum atomic E-state index is 15.0. The van der Waals surface area contributed by atoms with Crippen molar-refractivity contribution < 1.29 is 18.7 Å². The molecule has 0 saturated heterocycles. The van der Waals surface area contributed by atoms with Crippen molar-refractivity contribution >= 4 is 17.4 Å². The van der Waals surface area contributed by atoms with Crippen LogP contribution in [0.25, 0.3) is 11.5 Å². The van der Waals surface area contributed by atoms with E-state index >= 15 is 0 Å². The summed E-state index contributed by atoms with van der Waals surface area (Å²) in [5.74, 6) is -0.0515. The number of benzene rings is 2. The standard InChI is InChI=1S/C28H29FN6O3/c1-18(2)35-17-30-33-27(35)23-10-7-11-26(31-23)32-28(36)21-12-24-25(13-22(21)29)38-16-20(34(24)3)15-37-14-19-8-5-4-6-9-19/h4-13,17-18,20H,14-16H2,1-3H3,(H,31,32,36). The van der Waals surface area contributed by atoms with E-state index in [1.165, 1.54) is 12.1 Å². The van der Waals surface area contributed by atoms with Gasteiger partial charge in [-0.15, -0.1) is 10.2 Å². The minimum Gasteiger partial charge on any atom is -0.489 e. The average molecular weight is 517 g/mol. The number of carbonyl (C=O) groups is 1. The molecule has 1 N–H and O–H groups in total. The van der Waals surface area contributed by atoms with Gasteiger partial charge in [-0.25, -0.2) is 9.37 Å². The summed E-state index contributed by atoms with van der Waals surface area (Å²) in [4.78, 5) is 19.6. The van der Waals surface area contributed by atoms with Crippen LogP contribution in [0, 0.1) is 5.82 Å². The van der Waals surface area contributed by atoms with Gasteiger partial charge < -0.3 is 24.3 Å². The molecule has 4 aromatic rings. The molecule has 0 aliphatic carbocycles. The van der Waals surface area contributed by atoms with Crippen molar-refractivity contribution in [3.8, 4) is 17.3 Å². The lowest BCUT2D eigenvalue weighted by Gasteiger charge is -2.36. The van der Waals surface area contributed by atoms with E-state index in [4.69, 9.17) is 9.47 Å². The molecule has 9 nitrogen and oxygen atoms in total. The molecule has 1 aliphatic heterocycles. The molecule has 1 atom stereocenters. The fraction of sp³-hybridized carbons (Fsp3) is 0.286. The number of nitrogens with zero attached hydrogens (tertiary/aromatic N) is 5. The molecule has 0 bridgehead atoms. The van der Waals surface area contributed by atoms with Crippen LogP contribution in [0.4, 0.5) is 15.9 Å². The SMILES string of the molecule is CC(C)n1cnnc1-c1cccc(NC(=O)c2cc3c(cc2F)OCC(COCc2ccccc2)N3C)n1. The van der Waals surface area contributed by atoms with Crippen molar-refractivity contribution in [1.29, 1.82) is 0 Å². The normalized spacial score (nSPS) is 14.8. The van der Waals surface area contributed by atoms with Crippen LogP contribution < -0.4 is 15.0 Å². The molecule has 0 saturated carbocycles. The third-order valence-electron chi connectivity index (χ3n) is 6.42. The molecule has 196 valence electrons. The second kappa shape index (κ2) is 11.0. The molecule has 0 radical (unpaired) electrons. The molecular formula is C28H29FN6O3. The number of rotatable bonds is 8. The quantitative estimate of drug-likeness (QED) is 0.362. The molecule has 1 aliphatic rings. The molecule has 0 spiro atoms. The molecule has 2 aromatic heterocycles. The van der Waals surface area contributed by atoms with Crippen LogP contribution in [0.2, 0.25) is 0 Å². The Kier molecular flexibility index (Phi) is 7.32. The molecule has 3 heterocycles. The first-order chi connectivity index (χ1) is 18.4. The van der Waals surface area contributed by atoms with Crippen molar-refractivity contribution in [2.45, 2.75) is 32.5 Å². The first kappa shape index (κ1) is 25.3. The Bertz CT molecular complexity index is 1430. The first-order valence-electron chi connectivity index (χ1n) is 12.4. The summed E-state index contributed by atoms with van der Waals surface area (Å²) < 4.78 is 28.6. The van der Waals surface area contributed by atoms with Crippen LogP contribution in [-0.4, -0.2) is 52.0 Å². The predicted molar refractivity (Wildman–Crippen MR) is 142 cm³/mol. The smallest absolute Gasteiger partial charge is 0.259 e. The molecule has 10 heteroatoms. The zero-order valence-electron chi connectivity index (χ0n) is 21.5. The van der Waals surface area contributed by atoms with Gasteiger partial charge in [-0.1, -0.05) is 36.4 Å². The van der Waals surface area contributed by atoms with Crippen molar-refractivity contribution in [3.05, 3.63) is 83.9 Å². The number of ether oxygens (including phenoxy) is 2. The fourth-order valence-corrected chi connectivity index (χ4v) is 4.27. The minimum absolute atomic E-state index is 0.0933. The van der Waals surface area contributed by atoms with E-state index < -0.39 is 11.7 Å². The largest absolute Gasteiger partial charge is 0.489 e. The summed E-state index contributed by atoms with van der Waals surface area (Å²) in [6.07, 6.45) is 1.63. The van der Waals surface area contributed by atoms with Gasteiger partial charge in [-0.3, -0.25) is 4.79 Å². The third-order valence-corrected chi connectivity index (χ3v) is 6.42. The number of anilines is 2.